The second-order valence-electron chi connectivity index (χ2n) is 7.79. The molecule has 0 aliphatic carbocycles. The van der Waals surface area contributed by atoms with Crippen molar-refractivity contribution in [2.75, 3.05) is 5.32 Å². The van der Waals surface area contributed by atoms with E-state index in [2.05, 4.69) is 33.4 Å². The quantitative estimate of drug-likeness (QED) is 0.443. The summed E-state index contributed by atoms with van der Waals surface area (Å²) in [6.07, 6.45) is 0.448. The fraction of sp³-hybridized carbons (Fsp3) is 0.192. The Morgan fingerprint density at radius 1 is 0.906 bits per heavy atom. The van der Waals surface area contributed by atoms with Crippen LogP contribution in [-0.4, -0.2) is 6.09 Å². The Hall–Kier alpha value is -3.61. The van der Waals surface area contributed by atoms with E-state index in [0.717, 1.165) is 38.0 Å². The first-order valence-electron chi connectivity index (χ1n) is 10.0. The average molecular weight is 488 g/mol. The number of cyclic esters (lactones) is 1. The molecule has 1 aliphatic rings. The maximum atomic E-state index is 11.5. The van der Waals surface area contributed by atoms with Gasteiger partial charge in [0.05, 0.1) is 30.7 Å². The van der Waals surface area contributed by atoms with Crippen LogP contribution in [0.3, 0.4) is 0 Å². The summed E-state index contributed by atoms with van der Waals surface area (Å²) in [5.41, 5.74) is 5.17. The Labute approximate surface area is 196 Å². The van der Waals surface area contributed by atoms with Crippen LogP contribution in [0.5, 0.6) is 0 Å². The second kappa shape index (κ2) is 10.1. The van der Waals surface area contributed by atoms with Crippen molar-refractivity contribution in [2.45, 2.75) is 32.3 Å². The van der Waals surface area contributed by atoms with E-state index >= 15 is 0 Å². The monoisotopic (exact) mass is 487 g/mol. The van der Waals surface area contributed by atoms with Gasteiger partial charge in [-0.3, -0.25) is 5.32 Å². The predicted octanol–water partition coefficient (Wildman–Crippen LogP) is 6.73. The molecule has 0 aromatic heterocycles. The van der Waals surface area contributed by atoms with Gasteiger partial charge in [0.25, 0.3) is 0 Å². The summed E-state index contributed by atoms with van der Waals surface area (Å²) in [6, 6.07) is 25.8. The summed E-state index contributed by atoms with van der Waals surface area (Å²) in [5, 5.41) is 19.9. The fourth-order valence-electron chi connectivity index (χ4n) is 3.44. The van der Waals surface area contributed by atoms with Crippen LogP contribution in [0.1, 0.15) is 30.5 Å². The molecule has 3 aromatic rings. The highest BCUT2D eigenvalue weighted by atomic mass is 79.9. The number of nitrogens with zero attached hydrogens (tertiary/aromatic N) is 2. The Morgan fingerprint density at radius 3 is 2.19 bits per heavy atom. The topological polar surface area (TPSA) is 85.9 Å². The van der Waals surface area contributed by atoms with Crippen molar-refractivity contribution in [3.05, 3.63) is 87.9 Å². The number of hydrogen-bond donors (Lipinski definition) is 1. The van der Waals surface area contributed by atoms with E-state index in [1.165, 1.54) is 0 Å². The van der Waals surface area contributed by atoms with Crippen molar-refractivity contribution in [3.8, 4) is 23.3 Å². The molecule has 1 amide bonds. The largest absolute Gasteiger partial charge is 0.438 e. The molecule has 0 bridgehead atoms. The van der Waals surface area contributed by atoms with Crippen LogP contribution in [-0.2, 0) is 23.2 Å². The molecule has 4 rings (SSSR count). The summed E-state index contributed by atoms with van der Waals surface area (Å²) in [4.78, 5) is 11.5. The number of ether oxygens (including phenoxy) is 1. The van der Waals surface area contributed by atoms with Gasteiger partial charge in [0, 0.05) is 10.0 Å². The zero-order chi connectivity index (χ0) is 23.1. The molecular formula is C26H22BrN3O2. The summed E-state index contributed by atoms with van der Waals surface area (Å²) >= 11 is 3.32. The van der Waals surface area contributed by atoms with E-state index in [9.17, 15) is 4.79 Å². The maximum absolute atomic E-state index is 11.5. The zero-order valence-corrected chi connectivity index (χ0v) is 19.4. The molecule has 1 heterocycles. The second-order valence-corrected chi connectivity index (χ2v) is 8.70. The predicted molar refractivity (Wildman–Crippen MR) is 128 cm³/mol. The highest BCUT2D eigenvalue weighted by molar-refractivity contribution is 9.10. The van der Waals surface area contributed by atoms with Crippen LogP contribution < -0.4 is 5.32 Å². The van der Waals surface area contributed by atoms with E-state index < -0.39 is 11.7 Å². The highest BCUT2D eigenvalue weighted by Crippen LogP contribution is 2.38. The molecule has 0 saturated heterocycles. The number of amides is 1. The van der Waals surface area contributed by atoms with Gasteiger partial charge in [0.15, 0.2) is 0 Å². The zero-order valence-electron chi connectivity index (χ0n) is 17.9. The number of hydrogen-bond acceptors (Lipinski definition) is 4. The Balaban J connectivity index is 0.000000243. The lowest BCUT2D eigenvalue weighted by atomic mass is 9.91. The third-order valence-electron chi connectivity index (χ3n) is 4.97. The lowest BCUT2D eigenvalue weighted by molar-refractivity contribution is 0.0421. The maximum Gasteiger partial charge on any atom is 0.412 e. The van der Waals surface area contributed by atoms with Gasteiger partial charge >= 0.3 is 6.09 Å². The van der Waals surface area contributed by atoms with Gasteiger partial charge in [0.2, 0.25) is 0 Å². The highest BCUT2D eigenvalue weighted by Gasteiger charge is 2.33. The number of carbonyl (C=O) groups is 1. The van der Waals surface area contributed by atoms with Crippen LogP contribution in [0.2, 0.25) is 0 Å². The number of rotatable bonds is 3. The number of halogens is 1. The van der Waals surface area contributed by atoms with Gasteiger partial charge in [-0.05, 0) is 60.4 Å². The molecule has 160 valence electrons. The van der Waals surface area contributed by atoms with Crippen LogP contribution in [0, 0.1) is 22.7 Å². The molecule has 0 radical (unpaired) electrons. The molecule has 0 saturated carbocycles. The van der Waals surface area contributed by atoms with Crippen LogP contribution in [0.25, 0.3) is 11.1 Å². The molecule has 0 atom stereocenters. The average Bonchev–Trinajstić information content (AvgIpc) is 2.74. The summed E-state index contributed by atoms with van der Waals surface area (Å²) in [6.45, 7) is 3.75. The first-order valence-corrected chi connectivity index (χ1v) is 10.8. The molecule has 32 heavy (non-hydrogen) atoms. The van der Waals surface area contributed by atoms with E-state index in [1.54, 1.807) is 0 Å². The number of anilines is 1. The first kappa shape index (κ1) is 23.1. The Morgan fingerprint density at radius 2 is 1.53 bits per heavy atom. The molecule has 3 aromatic carbocycles. The van der Waals surface area contributed by atoms with Gasteiger partial charge in [-0.25, -0.2) is 4.79 Å². The molecular weight excluding hydrogens is 466 g/mol. The molecule has 0 unspecified atom stereocenters. The summed E-state index contributed by atoms with van der Waals surface area (Å²) < 4.78 is 6.39. The van der Waals surface area contributed by atoms with Gasteiger partial charge in [0.1, 0.15) is 5.60 Å². The lowest BCUT2D eigenvalue weighted by Gasteiger charge is -2.32. The fourth-order valence-corrected chi connectivity index (χ4v) is 3.89. The van der Waals surface area contributed by atoms with Crippen molar-refractivity contribution in [1.29, 1.82) is 10.5 Å². The van der Waals surface area contributed by atoms with Crippen molar-refractivity contribution < 1.29 is 9.53 Å². The number of nitriles is 2. The number of fused-ring (bicyclic) bond motifs is 1. The molecule has 1 aliphatic heterocycles. The summed E-state index contributed by atoms with van der Waals surface area (Å²) in [7, 11) is 0. The summed E-state index contributed by atoms with van der Waals surface area (Å²) in [5.74, 6) is 0. The molecule has 5 nitrogen and oxygen atoms in total. The third-order valence-corrected chi connectivity index (χ3v) is 5.46. The van der Waals surface area contributed by atoms with Crippen molar-refractivity contribution in [3.63, 3.8) is 0 Å². The first-order chi connectivity index (χ1) is 15.3. The van der Waals surface area contributed by atoms with Crippen molar-refractivity contribution >= 4 is 27.7 Å². The van der Waals surface area contributed by atoms with Gasteiger partial charge < -0.3 is 4.74 Å². The minimum atomic E-state index is -0.669. The van der Waals surface area contributed by atoms with Crippen LogP contribution in [0.15, 0.2) is 71.2 Å². The van der Waals surface area contributed by atoms with Gasteiger partial charge in [-0.2, -0.15) is 10.5 Å². The van der Waals surface area contributed by atoms with E-state index in [0.29, 0.717) is 12.8 Å². The number of benzene rings is 3. The minimum Gasteiger partial charge on any atom is -0.438 e. The Kier molecular flexibility index (Phi) is 7.30. The van der Waals surface area contributed by atoms with Crippen molar-refractivity contribution in [2.24, 2.45) is 0 Å². The normalized spacial score (nSPS) is 13.2. The molecule has 0 fully saturated rings. The molecule has 1 N–H and O–H groups in total. The van der Waals surface area contributed by atoms with Crippen LogP contribution in [0.4, 0.5) is 10.5 Å². The smallest absolute Gasteiger partial charge is 0.412 e. The van der Waals surface area contributed by atoms with E-state index in [1.807, 2.05) is 80.6 Å². The lowest BCUT2D eigenvalue weighted by Crippen LogP contribution is -2.34. The van der Waals surface area contributed by atoms with Crippen molar-refractivity contribution in [1.82, 2.24) is 0 Å². The van der Waals surface area contributed by atoms with E-state index in [-0.39, 0.29) is 0 Å². The molecule has 0 spiro atoms. The third kappa shape index (κ3) is 5.75. The van der Waals surface area contributed by atoms with Crippen LogP contribution >= 0.6 is 15.9 Å². The van der Waals surface area contributed by atoms with Gasteiger partial charge in [-0.15, -0.1) is 0 Å². The molecule has 6 heteroatoms. The van der Waals surface area contributed by atoms with E-state index in [4.69, 9.17) is 15.3 Å². The standard InChI is InChI=1S/C18H16N2O2.C8H6BrN/c1-18(2)15-11-14(6-7-16(15)20-17(21)22-18)13-5-3-4-12(10-13)8-9-19;9-8-3-1-2-7(6-8)4-5-10/h3-7,10-11H,8H2,1-2H3,(H,20,21);1-3,6H,4H2. The number of carbonyl (C=O) groups excluding carboxylic acids is 1. The number of nitrogens with one attached hydrogen (secondary N) is 1. The Bertz CT molecular complexity index is 1220. The SMILES string of the molecule is CC1(C)OC(=O)Nc2ccc(-c3cccc(CC#N)c3)cc21.N#CCc1cccc(Br)c1. The minimum absolute atomic E-state index is 0.392. The van der Waals surface area contributed by atoms with Gasteiger partial charge in [-0.1, -0.05) is 58.4 Å².